The molecule has 0 saturated heterocycles. The highest BCUT2D eigenvalue weighted by molar-refractivity contribution is 5.54. The van der Waals surface area contributed by atoms with E-state index in [9.17, 15) is 0 Å². The number of rotatable bonds is 8. The number of benzene rings is 1. The summed E-state index contributed by atoms with van der Waals surface area (Å²) in [7, 11) is 0. The maximum Gasteiger partial charge on any atom is 0.159 e. The first-order valence-electron chi connectivity index (χ1n) is 7.15. The third kappa shape index (κ3) is 3.92. The van der Waals surface area contributed by atoms with E-state index in [1.165, 1.54) is 0 Å². The summed E-state index contributed by atoms with van der Waals surface area (Å²) >= 11 is 0. The van der Waals surface area contributed by atoms with Crippen molar-refractivity contribution in [3.05, 3.63) is 42.7 Å². The highest BCUT2D eigenvalue weighted by atomic mass is 16.7. The lowest BCUT2D eigenvalue weighted by atomic mass is 10.2. The van der Waals surface area contributed by atoms with Crippen molar-refractivity contribution in [2.24, 2.45) is 0 Å². The van der Waals surface area contributed by atoms with E-state index in [0.29, 0.717) is 13.2 Å². The van der Waals surface area contributed by atoms with Gasteiger partial charge in [0.25, 0.3) is 0 Å². The molecule has 0 aliphatic carbocycles. The van der Waals surface area contributed by atoms with Crippen LogP contribution in [0.1, 0.15) is 20.3 Å². The maximum atomic E-state index is 5.57. The first kappa shape index (κ1) is 14.8. The summed E-state index contributed by atoms with van der Waals surface area (Å²) in [4.78, 5) is 4.44. The molecule has 0 unspecified atom stereocenters. The van der Waals surface area contributed by atoms with Crippen molar-refractivity contribution in [2.45, 2.75) is 33.1 Å². The number of hydrogen-bond donors (Lipinski definition) is 0. The molecular formula is C16H22N2O2. The van der Waals surface area contributed by atoms with Crippen LogP contribution in [0.5, 0.6) is 0 Å². The molecule has 4 nitrogen and oxygen atoms in total. The number of hydrogen-bond acceptors (Lipinski definition) is 3. The standard InChI is InChI=1S/C16H22N2O2/c1-3-19-15(20-4-2)10-12-18-13-11-17-16(18)14-8-6-5-7-9-14/h5-9,11,13,15H,3-4,10,12H2,1-2H3. The molecule has 1 heterocycles. The van der Waals surface area contributed by atoms with Crippen molar-refractivity contribution >= 4 is 0 Å². The smallest absolute Gasteiger partial charge is 0.159 e. The van der Waals surface area contributed by atoms with Crippen LogP contribution >= 0.6 is 0 Å². The van der Waals surface area contributed by atoms with Crippen LogP contribution in [0, 0.1) is 0 Å². The van der Waals surface area contributed by atoms with Crippen molar-refractivity contribution in [3.8, 4) is 11.4 Å². The third-order valence-corrected chi connectivity index (χ3v) is 3.06. The number of nitrogens with zero attached hydrogens (tertiary/aromatic N) is 2. The Kier molecular flexibility index (Phi) is 5.77. The average molecular weight is 274 g/mol. The molecule has 1 aromatic heterocycles. The summed E-state index contributed by atoms with van der Waals surface area (Å²) in [5, 5.41) is 0. The fraction of sp³-hybridized carbons (Fsp3) is 0.438. The molecule has 4 heteroatoms. The van der Waals surface area contributed by atoms with Gasteiger partial charge in [0.1, 0.15) is 5.82 Å². The molecule has 1 aromatic carbocycles. The molecule has 2 aromatic rings. The first-order valence-corrected chi connectivity index (χ1v) is 7.15. The van der Waals surface area contributed by atoms with Gasteiger partial charge >= 0.3 is 0 Å². The predicted molar refractivity (Wildman–Crippen MR) is 79.3 cm³/mol. The zero-order valence-electron chi connectivity index (χ0n) is 12.2. The number of aromatic nitrogens is 2. The number of ether oxygens (including phenoxy) is 2. The normalized spacial score (nSPS) is 11.2. The summed E-state index contributed by atoms with van der Waals surface area (Å²) in [5.74, 6) is 0.984. The van der Waals surface area contributed by atoms with Crippen LogP contribution in [-0.2, 0) is 16.0 Å². The molecule has 0 saturated carbocycles. The van der Waals surface area contributed by atoms with Gasteiger partial charge in [-0.25, -0.2) is 4.98 Å². The van der Waals surface area contributed by atoms with Gasteiger partial charge in [-0.05, 0) is 13.8 Å². The van der Waals surface area contributed by atoms with Gasteiger partial charge in [-0.15, -0.1) is 0 Å². The Morgan fingerprint density at radius 3 is 2.45 bits per heavy atom. The van der Waals surface area contributed by atoms with E-state index in [-0.39, 0.29) is 6.29 Å². The monoisotopic (exact) mass is 274 g/mol. The third-order valence-electron chi connectivity index (χ3n) is 3.06. The van der Waals surface area contributed by atoms with Crippen LogP contribution in [0.2, 0.25) is 0 Å². The molecule has 0 bridgehead atoms. The van der Waals surface area contributed by atoms with E-state index in [0.717, 1.165) is 24.4 Å². The predicted octanol–water partition coefficient (Wildman–Crippen LogP) is 3.34. The minimum atomic E-state index is -0.143. The zero-order chi connectivity index (χ0) is 14.2. The topological polar surface area (TPSA) is 36.3 Å². The van der Waals surface area contributed by atoms with Crippen molar-refractivity contribution in [3.63, 3.8) is 0 Å². The average Bonchev–Trinajstić information content (AvgIpc) is 2.94. The molecule has 0 atom stereocenters. The van der Waals surface area contributed by atoms with Gasteiger partial charge in [0, 0.05) is 44.1 Å². The van der Waals surface area contributed by atoms with E-state index in [2.05, 4.69) is 21.7 Å². The van der Waals surface area contributed by atoms with E-state index >= 15 is 0 Å². The highest BCUT2D eigenvalue weighted by Crippen LogP contribution is 2.17. The van der Waals surface area contributed by atoms with Crippen LogP contribution in [-0.4, -0.2) is 29.1 Å². The molecule has 0 fully saturated rings. The Morgan fingerprint density at radius 1 is 1.10 bits per heavy atom. The second-order valence-electron chi connectivity index (χ2n) is 4.44. The summed E-state index contributed by atoms with van der Waals surface area (Å²) in [6, 6.07) is 10.2. The second-order valence-corrected chi connectivity index (χ2v) is 4.44. The first-order chi connectivity index (χ1) is 9.85. The van der Waals surface area contributed by atoms with Gasteiger partial charge in [-0.2, -0.15) is 0 Å². The Bertz CT molecular complexity index is 490. The lowest BCUT2D eigenvalue weighted by molar-refractivity contribution is -0.140. The van der Waals surface area contributed by atoms with E-state index in [1.807, 2.05) is 44.4 Å². The molecule has 20 heavy (non-hydrogen) atoms. The van der Waals surface area contributed by atoms with Crippen LogP contribution in [0.15, 0.2) is 42.7 Å². The fourth-order valence-corrected chi connectivity index (χ4v) is 2.17. The maximum absolute atomic E-state index is 5.57. The van der Waals surface area contributed by atoms with E-state index < -0.39 is 0 Å². The molecule has 0 aliphatic rings. The van der Waals surface area contributed by atoms with Gasteiger partial charge in [-0.1, -0.05) is 30.3 Å². The van der Waals surface area contributed by atoms with Crippen molar-refractivity contribution < 1.29 is 9.47 Å². The quantitative estimate of drug-likeness (QED) is 0.693. The minimum absolute atomic E-state index is 0.143. The fourth-order valence-electron chi connectivity index (χ4n) is 2.17. The van der Waals surface area contributed by atoms with Crippen LogP contribution < -0.4 is 0 Å². The van der Waals surface area contributed by atoms with Crippen LogP contribution in [0.4, 0.5) is 0 Å². The summed E-state index contributed by atoms with van der Waals surface area (Å²) in [6.45, 7) is 6.13. The Labute approximate surface area is 120 Å². The van der Waals surface area contributed by atoms with Crippen molar-refractivity contribution in [2.75, 3.05) is 13.2 Å². The lowest BCUT2D eigenvalue weighted by Gasteiger charge is -2.17. The molecule has 0 radical (unpaired) electrons. The lowest BCUT2D eigenvalue weighted by Crippen LogP contribution is -2.19. The zero-order valence-corrected chi connectivity index (χ0v) is 12.2. The largest absolute Gasteiger partial charge is 0.353 e. The van der Waals surface area contributed by atoms with Crippen molar-refractivity contribution in [1.29, 1.82) is 0 Å². The second kappa shape index (κ2) is 7.82. The van der Waals surface area contributed by atoms with Gasteiger partial charge in [-0.3, -0.25) is 0 Å². The number of imidazole rings is 1. The van der Waals surface area contributed by atoms with Gasteiger partial charge in [0.15, 0.2) is 6.29 Å². The summed E-state index contributed by atoms with van der Waals surface area (Å²) in [6.07, 6.45) is 4.50. The molecule has 108 valence electrons. The van der Waals surface area contributed by atoms with Gasteiger partial charge in [0.05, 0.1) is 0 Å². The molecular weight excluding hydrogens is 252 g/mol. The SMILES string of the molecule is CCOC(CCn1ccnc1-c1ccccc1)OCC. The Morgan fingerprint density at radius 2 is 1.80 bits per heavy atom. The molecule has 0 amide bonds. The number of aryl methyl sites for hydroxylation is 1. The Balaban J connectivity index is 2.02. The highest BCUT2D eigenvalue weighted by Gasteiger charge is 2.10. The summed E-state index contributed by atoms with van der Waals surface area (Å²) in [5.41, 5.74) is 1.13. The van der Waals surface area contributed by atoms with Crippen LogP contribution in [0.25, 0.3) is 11.4 Å². The van der Waals surface area contributed by atoms with Gasteiger partial charge in [0.2, 0.25) is 0 Å². The molecule has 0 N–H and O–H groups in total. The van der Waals surface area contributed by atoms with Crippen molar-refractivity contribution in [1.82, 2.24) is 9.55 Å². The molecule has 0 aliphatic heterocycles. The van der Waals surface area contributed by atoms with Gasteiger partial charge < -0.3 is 14.0 Å². The van der Waals surface area contributed by atoms with E-state index in [1.54, 1.807) is 0 Å². The van der Waals surface area contributed by atoms with E-state index in [4.69, 9.17) is 9.47 Å². The van der Waals surface area contributed by atoms with Crippen LogP contribution in [0.3, 0.4) is 0 Å². The molecule has 2 rings (SSSR count). The Hall–Kier alpha value is -1.65. The molecule has 0 spiro atoms. The summed E-state index contributed by atoms with van der Waals surface area (Å²) < 4.78 is 13.3. The minimum Gasteiger partial charge on any atom is -0.353 e.